The van der Waals surface area contributed by atoms with Crippen molar-refractivity contribution in [2.45, 2.75) is 19.4 Å². The summed E-state index contributed by atoms with van der Waals surface area (Å²) in [4.78, 5) is 19.7. The Morgan fingerprint density at radius 3 is 2.57 bits per heavy atom. The predicted molar refractivity (Wildman–Crippen MR) is 112 cm³/mol. The minimum atomic E-state index is -0.0911. The third kappa shape index (κ3) is 4.29. The number of nitrogens with one attached hydrogen (secondary N) is 1. The van der Waals surface area contributed by atoms with Gasteiger partial charge in [0.1, 0.15) is 0 Å². The number of likely N-dealkylation sites (tertiary alicyclic amines) is 1. The van der Waals surface area contributed by atoms with E-state index in [4.69, 9.17) is 0 Å². The molecule has 1 fully saturated rings. The minimum Gasteiger partial charge on any atom is -0.326 e. The second-order valence-electron chi connectivity index (χ2n) is 7.53. The molecule has 2 aromatic carbocycles. The van der Waals surface area contributed by atoms with Crippen LogP contribution >= 0.6 is 0 Å². The van der Waals surface area contributed by atoms with Crippen molar-refractivity contribution in [3.8, 4) is 0 Å². The number of benzene rings is 2. The molecule has 1 aromatic heterocycles. The zero-order chi connectivity index (χ0) is 19.3. The SMILES string of the molecule is Cc1cccc(NC(=O)[C@@H]2CN(Cc3ccccc3)C[C@H]2c2ccncc2)c1. The van der Waals surface area contributed by atoms with Crippen molar-refractivity contribution >= 4 is 11.6 Å². The number of aryl methyl sites for hydroxylation is 1. The molecule has 142 valence electrons. The molecule has 0 aliphatic carbocycles. The summed E-state index contributed by atoms with van der Waals surface area (Å²) >= 11 is 0. The van der Waals surface area contributed by atoms with Gasteiger partial charge >= 0.3 is 0 Å². The highest BCUT2D eigenvalue weighted by atomic mass is 16.2. The third-order valence-electron chi connectivity index (χ3n) is 5.40. The molecular weight excluding hydrogens is 346 g/mol. The molecule has 1 N–H and O–H groups in total. The van der Waals surface area contributed by atoms with E-state index >= 15 is 0 Å². The lowest BCUT2D eigenvalue weighted by molar-refractivity contribution is -0.119. The van der Waals surface area contributed by atoms with E-state index in [1.165, 1.54) is 11.1 Å². The number of aromatic nitrogens is 1. The molecule has 2 atom stereocenters. The average Bonchev–Trinajstić information content (AvgIpc) is 3.13. The highest BCUT2D eigenvalue weighted by Gasteiger charge is 2.38. The van der Waals surface area contributed by atoms with Crippen LogP contribution in [-0.2, 0) is 11.3 Å². The van der Waals surface area contributed by atoms with Crippen molar-refractivity contribution in [2.24, 2.45) is 5.92 Å². The summed E-state index contributed by atoms with van der Waals surface area (Å²) in [5.41, 5.74) is 4.45. The second-order valence-corrected chi connectivity index (χ2v) is 7.53. The molecule has 1 aliphatic heterocycles. The van der Waals surface area contributed by atoms with Crippen LogP contribution in [0.2, 0.25) is 0 Å². The molecule has 1 saturated heterocycles. The topological polar surface area (TPSA) is 45.2 Å². The van der Waals surface area contributed by atoms with E-state index in [9.17, 15) is 4.79 Å². The van der Waals surface area contributed by atoms with Crippen LogP contribution < -0.4 is 5.32 Å². The highest BCUT2D eigenvalue weighted by Crippen LogP contribution is 2.34. The molecule has 0 radical (unpaired) electrons. The molecule has 0 spiro atoms. The van der Waals surface area contributed by atoms with E-state index < -0.39 is 0 Å². The maximum absolute atomic E-state index is 13.2. The monoisotopic (exact) mass is 371 g/mol. The molecular formula is C24H25N3O. The Balaban J connectivity index is 1.54. The molecule has 1 aliphatic rings. The smallest absolute Gasteiger partial charge is 0.229 e. The van der Waals surface area contributed by atoms with Crippen LogP contribution in [0.4, 0.5) is 5.69 Å². The number of carbonyl (C=O) groups is 1. The Morgan fingerprint density at radius 1 is 1.04 bits per heavy atom. The molecule has 0 saturated carbocycles. The number of nitrogens with zero attached hydrogens (tertiary/aromatic N) is 2. The van der Waals surface area contributed by atoms with Crippen molar-refractivity contribution in [2.75, 3.05) is 18.4 Å². The lowest BCUT2D eigenvalue weighted by atomic mass is 9.89. The third-order valence-corrected chi connectivity index (χ3v) is 5.40. The molecule has 4 rings (SSSR count). The summed E-state index contributed by atoms with van der Waals surface area (Å²) in [6, 6.07) is 22.5. The number of rotatable bonds is 5. The summed E-state index contributed by atoms with van der Waals surface area (Å²) < 4.78 is 0. The van der Waals surface area contributed by atoms with Gasteiger partial charge in [-0.1, -0.05) is 42.5 Å². The van der Waals surface area contributed by atoms with Gasteiger partial charge in [0.2, 0.25) is 5.91 Å². The van der Waals surface area contributed by atoms with Crippen LogP contribution in [0.15, 0.2) is 79.1 Å². The normalized spacial score (nSPS) is 19.5. The first-order valence-corrected chi connectivity index (χ1v) is 9.73. The lowest BCUT2D eigenvalue weighted by Gasteiger charge is -2.18. The van der Waals surface area contributed by atoms with E-state index in [2.05, 4.69) is 39.5 Å². The van der Waals surface area contributed by atoms with Gasteiger partial charge in [-0.3, -0.25) is 14.7 Å². The largest absolute Gasteiger partial charge is 0.326 e. The van der Waals surface area contributed by atoms with Gasteiger partial charge < -0.3 is 5.32 Å². The summed E-state index contributed by atoms with van der Waals surface area (Å²) in [7, 11) is 0. The van der Waals surface area contributed by atoms with Crippen LogP contribution in [0.3, 0.4) is 0 Å². The maximum atomic E-state index is 13.2. The van der Waals surface area contributed by atoms with Gasteiger partial charge in [0.05, 0.1) is 5.92 Å². The van der Waals surface area contributed by atoms with Gasteiger partial charge in [0.25, 0.3) is 0 Å². The fourth-order valence-corrected chi connectivity index (χ4v) is 4.03. The first-order valence-electron chi connectivity index (χ1n) is 9.73. The van der Waals surface area contributed by atoms with Gasteiger partial charge in [0, 0.05) is 43.6 Å². The van der Waals surface area contributed by atoms with Crippen molar-refractivity contribution < 1.29 is 4.79 Å². The van der Waals surface area contributed by atoms with E-state index in [1.807, 2.05) is 61.8 Å². The van der Waals surface area contributed by atoms with E-state index in [-0.39, 0.29) is 17.7 Å². The maximum Gasteiger partial charge on any atom is 0.229 e. The fraction of sp³-hybridized carbons (Fsp3) is 0.250. The number of anilines is 1. The quantitative estimate of drug-likeness (QED) is 0.729. The standard InChI is InChI=1S/C24H25N3O/c1-18-6-5-9-21(14-18)26-24(28)23-17-27(15-19-7-3-2-4-8-19)16-22(23)20-10-12-25-13-11-20/h2-14,22-23H,15-17H2,1H3,(H,26,28)/t22-,23+/m0/s1. The molecule has 4 nitrogen and oxygen atoms in total. The minimum absolute atomic E-state index is 0.0861. The van der Waals surface area contributed by atoms with E-state index in [0.29, 0.717) is 0 Å². The number of hydrogen-bond donors (Lipinski definition) is 1. The predicted octanol–water partition coefficient (Wildman–Crippen LogP) is 4.24. The molecule has 28 heavy (non-hydrogen) atoms. The first kappa shape index (κ1) is 18.4. The average molecular weight is 371 g/mol. The Bertz CT molecular complexity index is 927. The van der Waals surface area contributed by atoms with Crippen molar-refractivity contribution in [1.29, 1.82) is 0 Å². The van der Waals surface area contributed by atoms with Gasteiger partial charge in [-0.05, 0) is 47.9 Å². The number of carbonyl (C=O) groups excluding carboxylic acids is 1. The Labute approximate surface area is 166 Å². The van der Waals surface area contributed by atoms with Crippen molar-refractivity contribution in [3.63, 3.8) is 0 Å². The van der Waals surface area contributed by atoms with Crippen LogP contribution in [0.5, 0.6) is 0 Å². The van der Waals surface area contributed by atoms with Crippen LogP contribution in [0.25, 0.3) is 0 Å². The Morgan fingerprint density at radius 2 is 1.82 bits per heavy atom. The van der Waals surface area contributed by atoms with Gasteiger partial charge in [-0.15, -0.1) is 0 Å². The van der Waals surface area contributed by atoms with Crippen molar-refractivity contribution in [1.82, 2.24) is 9.88 Å². The van der Waals surface area contributed by atoms with E-state index in [0.717, 1.165) is 30.9 Å². The zero-order valence-corrected chi connectivity index (χ0v) is 16.1. The number of amides is 1. The molecule has 4 heteroatoms. The van der Waals surface area contributed by atoms with Gasteiger partial charge in [-0.25, -0.2) is 0 Å². The zero-order valence-electron chi connectivity index (χ0n) is 16.1. The number of pyridine rings is 1. The fourth-order valence-electron chi connectivity index (χ4n) is 4.03. The summed E-state index contributed by atoms with van der Waals surface area (Å²) in [6.07, 6.45) is 3.62. The van der Waals surface area contributed by atoms with Crippen molar-refractivity contribution in [3.05, 3.63) is 95.8 Å². The Hall–Kier alpha value is -2.98. The van der Waals surface area contributed by atoms with E-state index in [1.54, 1.807) is 0 Å². The summed E-state index contributed by atoms with van der Waals surface area (Å²) in [6.45, 7) is 4.51. The van der Waals surface area contributed by atoms with Crippen LogP contribution in [0.1, 0.15) is 22.6 Å². The molecule has 2 heterocycles. The number of hydrogen-bond acceptors (Lipinski definition) is 3. The molecule has 0 unspecified atom stereocenters. The molecule has 0 bridgehead atoms. The molecule has 1 amide bonds. The summed E-state index contributed by atoms with van der Waals surface area (Å²) in [5.74, 6) is 0.158. The highest BCUT2D eigenvalue weighted by molar-refractivity contribution is 5.93. The van der Waals surface area contributed by atoms with Crippen LogP contribution in [0, 0.1) is 12.8 Å². The Kier molecular flexibility index (Phi) is 5.49. The summed E-state index contributed by atoms with van der Waals surface area (Å²) in [5, 5.41) is 3.13. The first-order chi connectivity index (χ1) is 13.7. The van der Waals surface area contributed by atoms with Gasteiger partial charge in [0.15, 0.2) is 0 Å². The molecule has 3 aromatic rings. The van der Waals surface area contributed by atoms with Gasteiger partial charge in [-0.2, -0.15) is 0 Å². The lowest BCUT2D eigenvalue weighted by Crippen LogP contribution is -2.28. The second kappa shape index (κ2) is 8.36. The van der Waals surface area contributed by atoms with Crippen LogP contribution in [-0.4, -0.2) is 28.9 Å².